The second-order valence-electron chi connectivity index (χ2n) is 7.36. The minimum atomic E-state index is -0.377. The molecule has 4 rings (SSSR count). The number of hydrogen-bond acceptors (Lipinski definition) is 4. The Morgan fingerprint density at radius 3 is 2.50 bits per heavy atom. The maximum Gasteiger partial charge on any atom is 0.259 e. The first kappa shape index (κ1) is 21.1. The fourth-order valence-corrected chi connectivity index (χ4v) is 3.51. The number of nitrogens with zero attached hydrogens (tertiary/aromatic N) is 1. The molecule has 0 atom stereocenters. The van der Waals surface area contributed by atoms with E-state index in [0.29, 0.717) is 23.5 Å². The molecule has 2 N–H and O–H groups in total. The highest BCUT2D eigenvalue weighted by molar-refractivity contribution is 6.13. The van der Waals surface area contributed by atoms with Crippen LogP contribution < -0.4 is 10.1 Å². The number of phenols is 1. The predicted octanol–water partition coefficient (Wildman–Crippen LogP) is 6.26. The molecular weight excluding hydrogens is 400 g/mol. The number of anilines is 1. The number of nitrogens with one attached hydrogen (secondary N) is 1. The summed E-state index contributed by atoms with van der Waals surface area (Å²) >= 11 is 0. The number of aryl methyl sites for hydroxylation is 1. The van der Waals surface area contributed by atoms with Crippen molar-refractivity contribution >= 4 is 34.3 Å². The van der Waals surface area contributed by atoms with E-state index >= 15 is 0 Å². The molecule has 32 heavy (non-hydrogen) atoms. The topological polar surface area (TPSA) is 70.9 Å². The molecule has 0 aliphatic rings. The second-order valence-corrected chi connectivity index (χ2v) is 7.36. The molecule has 0 fully saturated rings. The molecule has 1 amide bonds. The quantitative estimate of drug-likeness (QED) is 0.359. The number of ether oxygens (including phenoxy) is 1. The number of carbonyl (C=O) groups excluding carboxylic acids is 1. The van der Waals surface area contributed by atoms with Gasteiger partial charge in [0, 0.05) is 17.5 Å². The van der Waals surface area contributed by atoms with Gasteiger partial charge in [-0.25, -0.2) is 0 Å². The number of carbonyl (C=O) groups is 1. The molecule has 0 aliphatic heterocycles. The SMILES string of the molecule is CCOc1ccc(N=Cc2c(O)c(C(=O)Nc3ccccc3C)cc3ccccc23)cc1. The van der Waals surface area contributed by atoms with Crippen LogP contribution in [0.25, 0.3) is 10.8 Å². The van der Waals surface area contributed by atoms with Crippen molar-refractivity contribution in [3.05, 3.63) is 95.6 Å². The summed E-state index contributed by atoms with van der Waals surface area (Å²) in [6.45, 7) is 4.45. The highest BCUT2D eigenvalue weighted by atomic mass is 16.5. The first-order valence-electron chi connectivity index (χ1n) is 10.5. The predicted molar refractivity (Wildman–Crippen MR) is 130 cm³/mol. The van der Waals surface area contributed by atoms with Gasteiger partial charge in [0.1, 0.15) is 11.5 Å². The summed E-state index contributed by atoms with van der Waals surface area (Å²) in [5, 5.41) is 15.6. The first-order chi connectivity index (χ1) is 15.6. The molecule has 0 aliphatic carbocycles. The summed E-state index contributed by atoms with van der Waals surface area (Å²) in [5.74, 6) is 0.289. The van der Waals surface area contributed by atoms with Crippen molar-refractivity contribution in [1.82, 2.24) is 0 Å². The van der Waals surface area contributed by atoms with E-state index in [0.717, 1.165) is 22.1 Å². The number of fused-ring (bicyclic) bond motifs is 1. The molecule has 4 aromatic carbocycles. The van der Waals surface area contributed by atoms with Crippen LogP contribution in [0.5, 0.6) is 11.5 Å². The molecule has 0 radical (unpaired) electrons. The minimum Gasteiger partial charge on any atom is -0.506 e. The van der Waals surface area contributed by atoms with Crippen LogP contribution in [0.2, 0.25) is 0 Å². The van der Waals surface area contributed by atoms with E-state index in [9.17, 15) is 9.90 Å². The molecule has 5 heteroatoms. The van der Waals surface area contributed by atoms with E-state index < -0.39 is 0 Å². The highest BCUT2D eigenvalue weighted by Crippen LogP contribution is 2.32. The van der Waals surface area contributed by atoms with Crippen molar-refractivity contribution in [2.75, 3.05) is 11.9 Å². The van der Waals surface area contributed by atoms with Crippen LogP contribution in [0.4, 0.5) is 11.4 Å². The largest absolute Gasteiger partial charge is 0.506 e. The zero-order valence-corrected chi connectivity index (χ0v) is 18.0. The van der Waals surface area contributed by atoms with Crippen LogP contribution in [-0.4, -0.2) is 23.8 Å². The molecule has 0 saturated heterocycles. The van der Waals surface area contributed by atoms with Gasteiger partial charge >= 0.3 is 0 Å². The summed E-state index contributed by atoms with van der Waals surface area (Å²) in [7, 11) is 0. The standard InChI is InChI=1S/C27H24N2O3/c1-3-32-21-14-12-20(13-15-21)28-17-24-22-10-6-5-9-19(22)16-23(26(24)30)27(31)29-25-11-7-4-8-18(25)2/h4-17,30H,3H2,1-2H3,(H,29,31). The number of benzene rings is 4. The maximum atomic E-state index is 13.0. The third kappa shape index (κ3) is 4.47. The zero-order chi connectivity index (χ0) is 22.5. The van der Waals surface area contributed by atoms with E-state index in [2.05, 4.69) is 10.3 Å². The van der Waals surface area contributed by atoms with Crippen LogP contribution >= 0.6 is 0 Å². The second kappa shape index (κ2) is 9.35. The smallest absolute Gasteiger partial charge is 0.259 e. The minimum absolute atomic E-state index is 0.107. The lowest BCUT2D eigenvalue weighted by Gasteiger charge is -2.13. The van der Waals surface area contributed by atoms with Crippen LogP contribution in [0, 0.1) is 6.92 Å². The Kier molecular flexibility index (Phi) is 6.17. The van der Waals surface area contributed by atoms with Crippen molar-refractivity contribution in [2.45, 2.75) is 13.8 Å². The normalized spacial score (nSPS) is 11.1. The highest BCUT2D eigenvalue weighted by Gasteiger charge is 2.18. The van der Waals surface area contributed by atoms with Gasteiger partial charge in [-0.05, 0) is 66.6 Å². The lowest BCUT2D eigenvalue weighted by atomic mass is 9.99. The number of aliphatic imine (C=N–C) groups is 1. The average Bonchev–Trinajstić information content (AvgIpc) is 2.81. The van der Waals surface area contributed by atoms with Crippen LogP contribution in [-0.2, 0) is 0 Å². The Morgan fingerprint density at radius 2 is 1.75 bits per heavy atom. The van der Waals surface area contributed by atoms with Gasteiger partial charge < -0.3 is 15.2 Å². The fourth-order valence-electron chi connectivity index (χ4n) is 3.51. The number of hydrogen-bond donors (Lipinski definition) is 2. The van der Waals surface area contributed by atoms with Crippen molar-refractivity contribution in [3.8, 4) is 11.5 Å². The third-order valence-corrected chi connectivity index (χ3v) is 5.19. The summed E-state index contributed by atoms with van der Waals surface area (Å²) in [6.07, 6.45) is 1.60. The Balaban J connectivity index is 1.72. The third-order valence-electron chi connectivity index (χ3n) is 5.19. The van der Waals surface area contributed by atoms with Crippen LogP contribution in [0.1, 0.15) is 28.4 Å². The van der Waals surface area contributed by atoms with Crippen LogP contribution in [0.15, 0.2) is 83.9 Å². The molecule has 0 saturated carbocycles. The monoisotopic (exact) mass is 424 g/mol. The van der Waals surface area contributed by atoms with E-state index in [1.54, 1.807) is 12.3 Å². The van der Waals surface area contributed by atoms with Gasteiger partial charge in [0.2, 0.25) is 0 Å². The van der Waals surface area contributed by atoms with E-state index in [-0.39, 0.29) is 17.2 Å². The number of para-hydroxylation sites is 1. The number of amides is 1. The average molecular weight is 425 g/mol. The van der Waals surface area contributed by atoms with Gasteiger partial charge in [-0.3, -0.25) is 9.79 Å². The van der Waals surface area contributed by atoms with Gasteiger partial charge in [-0.15, -0.1) is 0 Å². The van der Waals surface area contributed by atoms with E-state index in [4.69, 9.17) is 4.74 Å². The van der Waals surface area contributed by atoms with Crippen molar-refractivity contribution in [2.24, 2.45) is 4.99 Å². The number of aromatic hydroxyl groups is 1. The van der Waals surface area contributed by atoms with Crippen LogP contribution in [0.3, 0.4) is 0 Å². The Morgan fingerprint density at radius 1 is 1.03 bits per heavy atom. The molecule has 0 aromatic heterocycles. The summed E-state index contributed by atoms with van der Waals surface area (Å²) in [4.78, 5) is 17.5. The first-order valence-corrected chi connectivity index (χ1v) is 10.5. The van der Waals surface area contributed by atoms with E-state index in [1.165, 1.54) is 0 Å². The molecule has 160 valence electrons. The molecule has 0 bridgehead atoms. The zero-order valence-electron chi connectivity index (χ0n) is 18.0. The number of phenolic OH excluding ortho intramolecular Hbond substituents is 1. The Bertz CT molecular complexity index is 1290. The van der Waals surface area contributed by atoms with Crippen molar-refractivity contribution in [3.63, 3.8) is 0 Å². The lowest BCUT2D eigenvalue weighted by molar-refractivity contribution is 0.102. The summed E-state index contributed by atoms with van der Waals surface area (Å²) < 4.78 is 5.46. The lowest BCUT2D eigenvalue weighted by Crippen LogP contribution is -2.13. The van der Waals surface area contributed by atoms with E-state index in [1.807, 2.05) is 86.6 Å². The molecular formula is C27H24N2O3. The van der Waals surface area contributed by atoms with Crippen molar-refractivity contribution in [1.29, 1.82) is 0 Å². The summed E-state index contributed by atoms with van der Waals surface area (Å²) in [5.41, 5.74) is 3.05. The fraction of sp³-hybridized carbons (Fsp3) is 0.111. The van der Waals surface area contributed by atoms with Gasteiger partial charge in [0.05, 0.1) is 17.9 Å². The maximum absolute atomic E-state index is 13.0. The Hall–Kier alpha value is -4.12. The molecule has 0 heterocycles. The Labute approximate surface area is 187 Å². The summed E-state index contributed by atoms with van der Waals surface area (Å²) in [6, 6.07) is 24.2. The molecule has 5 nitrogen and oxygen atoms in total. The van der Waals surface area contributed by atoms with Crippen molar-refractivity contribution < 1.29 is 14.6 Å². The number of rotatable bonds is 6. The molecule has 0 unspecified atom stereocenters. The van der Waals surface area contributed by atoms with Gasteiger partial charge in [-0.1, -0.05) is 42.5 Å². The van der Waals surface area contributed by atoms with Gasteiger partial charge in [-0.2, -0.15) is 0 Å². The molecule has 4 aromatic rings. The molecule has 0 spiro atoms. The van der Waals surface area contributed by atoms with Gasteiger partial charge in [0.25, 0.3) is 5.91 Å². The van der Waals surface area contributed by atoms with Gasteiger partial charge in [0.15, 0.2) is 0 Å².